The Morgan fingerprint density at radius 1 is 1.41 bits per heavy atom. The molecule has 6 nitrogen and oxygen atoms in total. The highest BCUT2D eigenvalue weighted by atomic mass is 35.5. The van der Waals surface area contributed by atoms with Crippen LogP contribution in [-0.4, -0.2) is 46.6 Å². The second-order valence-corrected chi connectivity index (χ2v) is 6.69. The van der Waals surface area contributed by atoms with Crippen LogP contribution < -0.4 is 4.90 Å². The van der Waals surface area contributed by atoms with Gasteiger partial charge in [0.05, 0.1) is 17.9 Å². The summed E-state index contributed by atoms with van der Waals surface area (Å²) in [7, 11) is 0. The Morgan fingerprint density at radius 2 is 2.09 bits per heavy atom. The van der Waals surface area contributed by atoms with Crippen LogP contribution in [0, 0.1) is 0 Å². The summed E-state index contributed by atoms with van der Waals surface area (Å²) in [5.74, 6) is -0.173. The van der Waals surface area contributed by atoms with E-state index >= 15 is 0 Å². The van der Waals surface area contributed by atoms with Crippen LogP contribution in [0.5, 0.6) is 0 Å². The lowest BCUT2D eigenvalue weighted by Gasteiger charge is -2.39. The fourth-order valence-electron chi connectivity index (χ4n) is 2.19. The lowest BCUT2D eigenvalue weighted by molar-refractivity contribution is -0.122. The number of aromatic nitrogens is 1. The van der Waals surface area contributed by atoms with Gasteiger partial charge in [0.2, 0.25) is 5.91 Å². The van der Waals surface area contributed by atoms with Crippen LogP contribution in [0.15, 0.2) is 18.3 Å². The molecule has 1 aromatic heterocycles. The fourth-order valence-corrected chi connectivity index (χ4v) is 2.31. The van der Waals surface area contributed by atoms with Crippen molar-refractivity contribution in [3.63, 3.8) is 0 Å². The van der Waals surface area contributed by atoms with E-state index in [9.17, 15) is 9.59 Å². The Hall–Kier alpha value is -1.82. The van der Waals surface area contributed by atoms with Crippen molar-refractivity contribution >= 4 is 29.3 Å². The number of halogens is 1. The molecule has 1 aliphatic heterocycles. The topological polar surface area (TPSA) is 62.7 Å². The predicted octanol–water partition coefficient (Wildman–Crippen LogP) is 2.71. The highest BCUT2D eigenvalue weighted by molar-refractivity contribution is 6.29. The maximum Gasteiger partial charge on any atom is 0.411 e. The largest absolute Gasteiger partial charge is 0.444 e. The summed E-state index contributed by atoms with van der Waals surface area (Å²) >= 11 is 5.76. The molecule has 0 radical (unpaired) electrons. The Kier molecular flexibility index (Phi) is 4.60. The molecule has 1 atom stereocenters. The monoisotopic (exact) mass is 325 g/mol. The molecule has 1 saturated heterocycles. The first kappa shape index (κ1) is 16.5. The molecule has 0 saturated carbocycles. The second kappa shape index (κ2) is 6.12. The number of carbonyl (C=O) groups is 2. The van der Waals surface area contributed by atoms with E-state index in [2.05, 4.69) is 4.98 Å². The zero-order chi connectivity index (χ0) is 16.5. The molecule has 1 aliphatic rings. The first-order valence-corrected chi connectivity index (χ1v) is 7.47. The number of hydrogen-bond acceptors (Lipinski definition) is 4. The molecule has 0 spiro atoms. The summed E-state index contributed by atoms with van der Waals surface area (Å²) < 4.78 is 5.34. The minimum Gasteiger partial charge on any atom is -0.444 e. The van der Waals surface area contributed by atoms with Gasteiger partial charge in [0.25, 0.3) is 0 Å². The molecule has 0 aromatic carbocycles. The summed E-state index contributed by atoms with van der Waals surface area (Å²) in [6.45, 7) is 7.65. The number of amides is 2. The number of hydrogen-bond donors (Lipinski definition) is 0. The average molecular weight is 326 g/mol. The van der Waals surface area contributed by atoms with E-state index in [1.807, 2.05) is 6.92 Å². The zero-order valence-electron chi connectivity index (χ0n) is 13.2. The number of rotatable bonds is 1. The van der Waals surface area contributed by atoms with Crippen LogP contribution in [-0.2, 0) is 9.53 Å². The molecule has 0 N–H and O–H groups in total. The molecule has 2 heterocycles. The van der Waals surface area contributed by atoms with Crippen LogP contribution in [0.1, 0.15) is 27.7 Å². The van der Waals surface area contributed by atoms with E-state index in [1.165, 1.54) is 4.90 Å². The molecule has 120 valence electrons. The quantitative estimate of drug-likeness (QED) is 0.745. The van der Waals surface area contributed by atoms with E-state index in [0.29, 0.717) is 17.4 Å². The van der Waals surface area contributed by atoms with Gasteiger partial charge >= 0.3 is 6.09 Å². The Balaban J connectivity index is 2.10. The summed E-state index contributed by atoms with van der Waals surface area (Å²) in [6, 6.07) is 3.22. The van der Waals surface area contributed by atoms with E-state index in [1.54, 1.807) is 44.0 Å². The highest BCUT2D eigenvalue weighted by Gasteiger charge is 2.35. The van der Waals surface area contributed by atoms with Crippen LogP contribution in [0.3, 0.4) is 0 Å². The number of carbonyl (C=O) groups excluding carboxylic acids is 2. The van der Waals surface area contributed by atoms with Gasteiger partial charge in [0.1, 0.15) is 17.3 Å². The van der Waals surface area contributed by atoms with Gasteiger partial charge < -0.3 is 9.64 Å². The smallest absolute Gasteiger partial charge is 0.411 e. The van der Waals surface area contributed by atoms with Gasteiger partial charge in [-0.25, -0.2) is 9.78 Å². The Morgan fingerprint density at radius 3 is 2.64 bits per heavy atom. The van der Waals surface area contributed by atoms with Gasteiger partial charge in [-0.15, -0.1) is 0 Å². The lowest BCUT2D eigenvalue weighted by Crippen LogP contribution is -2.57. The molecule has 2 amide bonds. The lowest BCUT2D eigenvalue weighted by atomic mass is 10.1. The number of piperazine rings is 1. The van der Waals surface area contributed by atoms with Crippen molar-refractivity contribution in [1.82, 2.24) is 9.88 Å². The van der Waals surface area contributed by atoms with E-state index < -0.39 is 11.7 Å². The third-order valence-corrected chi connectivity index (χ3v) is 3.46. The summed E-state index contributed by atoms with van der Waals surface area (Å²) in [5, 5.41) is 0.372. The molecular formula is C15H20ClN3O3. The van der Waals surface area contributed by atoms with Crippen molar-refractivity contribution in [2.75, 3.05) is 18.0 Å². The molecule has 22 heavy (non-hydrogen) atoms. The maximum absolute atomic E-state index is 12.3. The van der Waals surface area contributed by atoms with Crippen LogP contribution in [0.2, 0.25) is 5.15 Å². The van der Waals surface area contributed by atoms with Gasteiger partial charge in [-0.3, -0.25) is 9.69 Å². The minimum atomic E-state index is -0.586. The first-order chi connectivity index (χ1) is 10.2. The molecule has 0 aliphatic carbocycles. The van der Waals surface area contributed by atoms with E-state index in [0.717, 1.165) is 0 Å². The van der Waals surface area contributed by atoms with Gasteiger partial charge in [0, 0.05) is 6.54 Å². The molecule has 1 fully saturated rings. The highest BCUT2D eigenvalue weighted by Crippen LogP contribution is 2.22. The van der Waals surface area contributed by atoms with Crippen LogP contribution in [0.25, 0.3) is 0 Å². The van der Waals surface area contributed by atoms with Crippen molar-refractivity contribution in [2.45, 2.75) is 39.3 Å². The van der Waals surface area contributed by atoms with Crippen molar-refractivity contribution in [3.8, 4) is 0 Å². The SMILES string of the molecule is C[C@@H]1CN(c2ccc(Cl)nc2)C(=O)CN1C(=O)OC(C)(C)C. The number of nitrogens with zero attached hydrogens (tertiary/aromatic N) is 3. The van der Waals surface area contributed by atoms with Crippen LogP contribution >= 0.6 is 11.6 Å². The summed E-state index contributed by atoms with van der Waals surface area (Å²) in [5.41, 5.74) is 0.0852. The van der Waals surface area contributed by atoms with Crippen molar-refractivity contribution < 1.29 is 14.3 Å². The van der Waals surface area contributed by atoms with Crippen molar-refractivity contribution in [3.05, 3.63) is 23.5 Å². The molecule has 7 heteroatoms. The standard InChI is InChI=1S/C15H20ClN3O3/c1-10-8-19(11-5-6-12(16)17-7-11)13(20)9-18(10)14(21)22-15(2,3)4/h5-7,10H,8-9H2,1-4H3/t10-/m1/s1. The summed E-state index contributed by atoms with van der Waals surface area (Å²) in [6.07, 6.45) is 1.08. The fraction of sp³-hybridized carbons (Fsp3) is 0.533. The van der Waals surface area contributed by atoms with Crippen molar-refractivity contribution in [2.24, 2.45) is 0 Å². The second-order valence-electron chi connectivity index (χ2n) is 6.30. The van der Waals surface area contributed by atoms with Gasteiger partial charge in [-0.05, 0) is 39.8 Å². The minimum absolute atomic E-state index is 0.0152. The molecule has 0 unspecified atom stereocenters. The molecule has 1 aromatic rings. The summed E-state index contributed by atoms with van der Waals surface area (Å²) in [4.78, 5) is 31.5. The Labute approximate surface area is 135 Å². The van der Waals surface area contributed by atoms with Gasteiger partial charge in [-0.1, -0.05) is 11.6 Å². The number of anilines is 1. The van der Waals surface area contributed by atoms with E-state index in [-0.39, 0.29) is 18.5 Å². The van der Waals surface area contributed by atoms with E-state index in [4.69, 9.17) is 16.3 Å². The molecule has 2 rings (SSSR count). The Bertz CT molecular complexity index is 568. The zero-order valence-corrected chi connectivity index (χ0v) is 13.9. The number of ether oxygens (including phenoxy) is 1. The third-order valence-electron chi connectivity index (χ3n) is 3.24. The third kappa shape index (κ3) is 3.88. The molecular weight excluding hydrogens is 306 g/mol. The average Bonchev–Trinajstić information content (AvgIpc) is 2.40. The predicted molar refractivity (Wildman–Crippen MR) is 84.0 cm³/mol. The van der Waals surface area contributed by atoms with Gasteiger partial charge in [0.15, 0.2) is 0 Å². The van der Waals surface area contributed by atoms with Gasteiger partial charge in [-0.2, -0.15) is 0 Å². The van der Waals surface area contributed by atoms with Crippen molar-refractivity contribution in [1.29, 1.82) is 0 Å². The maximum atomic E-state index is 12.3. The van der Waals surface area contributed by atoms with Crippen LogP contribution in [0.4, 0.5) is 10.5 Å². The normalized spacial score (nSPS) is 19.3. The number of pyridine rings is 1. The first-order valence-electron chi connectivity index (χ1n) is 7.09. The molecule has 0 bridgehead atoms.